The standard InChI is InChI=1S/C29H49NO4S/c1-24(2)18-9-10-19-28(15-27(18,28)12-11-20(24)31)14-13-26(5)16-7-8-17(23(35-6)25(3,4)33)34-21(16)22(32)29(19,26)30/h16-23,31-33H,7-15,30H2,1-6H3. The van der Waals surface area contributed by atoms with Crippen molar-refractivity contribution in [3.63, 3.8) is 0 Å². The minimum atomic E-state index is -0.835. The first kappa shape index (κ1) is 25.4. The van der Waals surface area contributed by atoms with E-state index in [1.165, 1.54) is 12.8 Å². The van der Waals surface area contributed by atoms with Gasteiger partial charge in [-0.05, 0) is 117 Å². The van der Waals surface area contributed by atoms with E-state index < -0.39 is 17.2 Å². The predicted molar refractivity (Wildman–Crippen MR) is 140 cm³/mol. The van der Waals surface area contributed by atoms with Crippen LogP contribution in [-0.4, -0.2) is 62.4 Å². The van der Waals surface area contributed by atoms with Crippen molar-refractivity contribution in [3.05, 3.63) is 0 Å². The molecule has 0 aromatic rings. The summed E-state index contributed by atoms with van der Waals surface area (Å²) < 4.78 is 6.76. The zero-order valence-corrected chi connectivity index (χ0v) is 23.5. The zero-order valence-electron chi connectivity index (χ0n) is 22.7. The molecule has 0 radical (unpaired) electrons. The van der Waals surface area contributed by atoms with Gasteiger partial charge in [0.2, 0.25) is 0 Å². The average Bonchev–Trinajstić information content (AvgIpc) is 3.42. The molecule has 2 spiro atoms. The Morgan fingerprint density at radius 1 is 0.943 bits per heavy atom. The average molecular weight is 508 g/mol. The fraction of sp³-hybridized carbons (Fsp3) is 1.00. The molecule has 6 fully saturated rings. The third kappa shape index (κ3) is 2.86. The maximum Gasteiger partial charge on any atom is 0.0992 e. The summed E-state index contributed by atoms with van der Waals surface area (Å²) in [6.45, 7) is 10.7. The van der Waals surface area contributed by atoms with Crippen LogP contribution in [0, 0.1) is 39.4 Å². The summed E-state index contributed by atoms with van der Waals surface area (Å²) in [6.07, 6.45) is 10.5. The molecule has 0 aromatic carbocycles. The number of hydrogen-bond donors (Lipinski definition) is 4. The highest BCUT2D eigenvalue weighted by Gasteiger charge is 2.84. The van der Waals surface area contributed by atoms with E-state index in [1.807, 2.05) is 20.1 Å². The van der Waals surface area contributed by atoms with Crippen LogP contribution in [-0.2, 0) is 4.74 Å². The summed E-state index contributed by atoms with van der Waals surface area (Å²) in [6, 6.07) is 0. The molecule has 1 aliphatic heterocycles. The molecule has 1 saturated heterocycles. The summed E-state index contributed by atoms with van der Waals surface area (Å²) in [4.78, 5) is 0. The van der Waals surface area contributed by atoms with Gasteiger partial charge in [0.05, 0.1) is 40.8 Å². The molecule has 200 valence electrons. The molecular weight excluding hydrogens is 458 g/mol. The number of ether oxygens (including phenoxy) is 1. The van der Waals surface area contributed by atoms with Gasteiger partial charge in [-0.25, -0.2) is 0 Å². The van der Waals surface area contributed by atoms with Gasteiger partial charge in [0.25, 0.3) is 0 Å². The van der Waals surface area contributed by atoms with Gasteiger partial charge in [-0.3, -0.25) is 0 Å². The van der Waals surface area contributed by atoms with Crippen LogP contribution < -0.4 is 5.73 Å². The van der Waals surface area contributed by atoms with Crippen molar-refractivity contribution in [2.45, 2.75) is 133 Å². The molecule has 12 unspecified atom stereocenters. The van der Waals surface area contributed by atoms with Crippen molar-refractivity contribution in [3.8, 4) is 0 Å². The minimum absolute atomic E-state index is 0.0239. The summed E-state index contributed by atoms with van der Waals surface area (Å²) in [5.74, 6) is 1.15. The third-order valence-electron chi connectivity index (χ3n) is 13.3. The lowest BCUT2D eigenvalue weighted by atomic mass is 9.44. The molecule has 5 aliphatic carbocycles. The topological polar surface area (TPSA) is 95.9 Å². The number of rotatable bonds is 3. The fourth-order valence-corrected chi connectivity index (χ4v) is 12.6. The number of nitrogens with two attached hydrogens (primary N) is 1. The molecule has 0 amide bonds. The SMILES string of the molecule is CSC(C1CCC2C(O1)C(O)C1(N)C3CCC4C(C)(C)C(O)CCC45CC35CCC21C)C(C)(C)O. The van der Waals surface area contributed by atoms with Crippen LogP contribution in [0.15, 0.2) is 0 Å². The second kappa shape index (κ2) is 7.41. The van der Waals surface area contributed by atoms with E-state index in [0.29, 0.717) is 17.3 Å². The highest BCUT2D eigenvalue weighted by Crippen LogP contribution is 2.87. The van der Waals surface area contributed by atoms with Crippen molar-refractivity contribution >= 4 is 11.8 Å². The van der Waals surface area contributed by atoms with E-state index in [9.17, 15) is 15.3 Å². The molecule has 6 heteroatoms. The van der Waals surface area contributed by atoms with Crippen molar-refractivity contribution in [2.24, 2.45) is 45.1 Å². The second-order valence-electron chi connectivity index (χ2n) is 15.0. The summed E-state index contributed by atoms with van der Waals surface area (Å²) in [7, 11) is 0. The Morgan fingerprint density at radius 3 is 2.26 bits per heavy atom. The number of hydrogen-bond acceptors (Lipinski definition) is 6. The van der Waals surface area contributed by atoms with E-state index in [4.69, 9.17) is 10.5 Å². The molecule has 5 saturated carbocycles. The first-order valence-corrected chi connectivity index (χ1v) is 15.6. The van der Waals surface area contributed by atoms with Gasteiger partial charge >= 0.3 is 0 Å². The molecular formula is C29H49NO4S. The predicted octanol–water partition coefficient (Wildman–Crippen LogP) is 4.11. The molecule has 0 aromatic heterocycles. The van der Waals surface area contributed by atoms with Crippen LogP contribution in [0.25, 0.3) is 0 Å². The molecule has 0 bridgehead atoms. The Bertz CT molecular complexity index is 890. The molecule has 5 N–H and O–H groups in total. The maximum atomic E-state index is 12.1. The van der Waals surface area contributed by atoms with Crippen LogP contribution in [0.5, 0.6) is 0 Å². The molecule has 5 nitrogen and oxygen atoms in total. The van der Waals surface area contributed by atoms with E-state index in [1.54, 1.807) is 11.8 Å². The van der Waals surface area contributed by atoms with Gasteiger partial charge in [0, 0.05) is 0 Å². The van der Waals surface area contributed by atoms with Crippen molar-refractivity contribution in [2.75, 3.05) is 6.26 Å². The van der Waals surface area contributed by atoms with Crippen LogP contribution in [0.4, 0.5) is 0 Å². The molecule has 35 heavy (non-hydrogen) atoms. The van der Waals surface area contributed by atoms with Gasteiger partial charge in [-0.1, -0.05) is 20.8 Å². The normalized spacial score (nSPS) is 57.3. The number of thioether (sulfide) groups is 1. The number of aliphatic hydroxyl groups is 3. The van der Waals surface area contributed by atoms with Crippen LogP contribution in [0.3, 0.4) is 0 Å². The Hall–Kier alpha value is 0.150. The number of aliphatic hydroxyl groups excluding tert-OH is 2. The smallest absolute Gasteiger partial charge is 0.0992 e. The van der Waals surface area contributed by atoms with Gasteiger partial charge in [0.1, 0.15) is 0 Å². The first-order chi connectivity index (χ1) is 16.2. The van der Waals surface area contributed by atoms with E-state index in [2.05, 4.69) is 20.8 Å². The lowest BCUT2D eigenvalue weighted by Crippen LogP contribution is -2.69. The molecule has 12 atom stereocenters. The quantitative estimate of drug-likeness (QED) is 0.459. The molecule has 6 aliphatic rings. The van der Waals surface area contributed by atoms with Crippen molar-refractivity contribution in [1.82, 2.24) is 0 Å². The maximum absolute atomic E-state index is 12.1. The lowest BCUT2D eigenvalue weighted by molar-refractivity contribution is -0.152. The summed E-state index contributed by atoms with van der Waals surface area (Å²) >= 11 is 1.67. The van der Waals surface area contributed by atoms with Crippen molar-refractivity contribution in [1.29, 1.82) is 0 Å². The Labute approximate surface area is 216 Å². The van der Waals surface area contributed by atoms with E-state index in [-0.39, 0.29) is 45.7 Å². The number of fused-ring (bicyclic) bond motifs is 4. The Balaban J connectivity index is 1.33. The summed E-state index contributed by atoms with van der Waals surface area (Å²) in [5.41, 5.74) is 6.48. The minimum Gasteiger partial charge on any atom is -0.393 e. The largest absolute Gasteiger partial charge is 0.393 e. The Morgan fingerprint density at radius 2 is 1.60 bits per heavy atom. The van der Waals surface area contributed by atoms with Gasteiger partial charge in [-0.2, -0.15) is 11.8 Å². The van der Waals surface area contributed by atoms with Crippen LogP contribution >= 0.6 is 11.8 Å². The molecule has 1 heterocycles. The van der Waals surface area contributed by atoms with Crippen molar-refractivity contribution < 1.29 is 20.1 Å². The monoisotopic (exact) mass is 507 g/mol. The van der Waals surface area contributed by atoms with Gasteiger partial charge < -0.3 is 25.8 Å². The highest BCUT2D eigenvalue weighted by molar-refractivity contribution is 7.99. The zero-order chi connectivity index (χ0) is 25.4. The van der Waals surface area contributed by atoms with Crippen LogP contribution in [0.2, 0.25) is 0 Å². The molecule has 6 rings (SSSR count). The lowest BCUT2D eigenvalue weighted by Gasteiger charge is -2.63. The third-order valence-corrected chi connectivity index (χ3v) is 14.6. The van der Waals surface area contributed by atoms with Gasteiger partial charge in [-0.15, -0.1) is 0 Å². The Kier molecular flexibility index (Phi) is 5.39. The fourth-order valence-electron chi connectivity index (χ4n) is 11.5. The van der Waals surface area contributed by atoms with E-state index in [0.717, 1.165) is 44.9 Å². The van der Waals surface area contributed by atoms with Gasteiger partial charge in [0.15, 0.2) is 0 Å². The summed E-state index contributed by atoms with van der Waals surface area (Å²) in [5, 5.41) is 33.7. The second-order valence-corrected chi connectivity index (χ2v) is 16.0. The first-order valence-electron chi connectivity index (χ1n) is 14.3. The van der Waals surface area contributed by atoms with E-state index >= 15 is 0 Å². The van der Waals surface area contributed by atoms with Crippen LogP contribution in [0.1, 0.15) is 92.4 Å². The highest BCUT2D eigenvalue weighted by atomic mass is 32.2.